The Morgan fingerprint density at radius 3 is 2.61 bits per heavy atom. The minimum absolute atomic E-state index is 0.0345. The Bertz CT molecular complexity index is 838. The number of carbonyl (C=O) groups is 1. The molecule has 4 nitrogen and oxygen atoms in total. The molecule has 2 aromatic rings. The zero-order chi connectivity index (χ0) is 20.1. The van der Waals surface area contributed by atoms with E-state index in [4.69, 9.17) is 44.3 Å². The largest absolute Gasteiger partial charge is 0.483 e. The van der Waals surface area contributed by atoms with Crippen molar-refractivity contribution in [2.24, 2.45) is 0 Å². The molecule has 1 fully saturated rings. The molecule has 1 atom stereocenters. The molecule has 0 spiro atoms. The van der Waals surface area contributed by atoms with Gasteiger partial charge in [-0.1, -0.05) is 40.9 Å². The van der Waals surface area contributed by atoms with Gasteiger partial charge in [0.05, 0.1) is 6.10 Å². The summed E-state index contributed by atoms with van der Waals surface area (Å²) in [5.41, 5.74) is 1.71. The molecule has 1 aliphatic rings. The monoisotopic (exact) mass is 441 g/mol. The van der Waals surface area contributed by atoms with Crippen LogP contribution < -0.4 is 4.74 Å². The van der Waals surface area contributed by atoms with Crippen molar-refractivity contribution in [3.8, 4) is 5.75 Å². The minimum atomic E-state index is -0.129. The molecule has 7 heteroatoms. The molecule has 0 saturated carbocycles. The number of carbonyl (C=O) groups excluding carboxylic acids is 1. The Labute approximate surface area is 180 Å². The third kappa shape index (κ3) is 5.77. The second-order valence-electron chi connectivity index (χ2n) is 6.84. The molecular formula is C21H22Cl3NO3. The first-order valence-electron chi connectivity index (χ1n) is 9.14. The Morgan fingerprint density at radius 1 is 1.18 bits per heavy atom. The van der Waals surface area contributed by atoms with Gasteiger partial charge in [0.1, 0.15) is 5.75 Å². The first-order valence-corrected chi connectivity index (χ1v) is 10.3. The maximum atomic E-state index is 12.9. The first kappa shape index (κ1) is 21.3. The number of rotatable bonds is 7. The molecular weight excluding hydrogens is 421 g/mol. The molecule has 28 heavy (non-hydrogen) atoms. The van der Waals surface area contributed by atoms with Gasteiger partial charge in [-0.3, -0.25) is 4.79 Å². The molecule has 1 amide bonds. The van der Waals surface area contributed by atoms with Crippen molar-refractivity contribution >= 4 is 40.7 Å². The van der Waals surface area contributed by atoms with E-state index in [0.717, 1.165) is 30.6 Å². The van der Waals surface area contributed by atoms with Crippen molar-refractivity contribution in [1.82, 2.24) is 4.90 Å². The van der Waals surface area contributed by atoms with Gasteiger partial charge < -0.3 is 14.4 Å². The first-order chi connectivity index (χ1) is 13.4. The molecule has 2 aromatic carbocycles. The van der Waals surface area contributed by atoms with Crippen LogP contribution in [0.2, 0.25) is 15.1 Å². The smallest absolute Gasteiger partial charge is 0.260 e. The van der Waals surface area contributed by atoms with Crippen molar-refractivity contribution in [3.05, 3.63) is 62.6 Å². The van der Waals surface area contributed by atoms with Gasteiger partial charge >= 0.3 is 0 Å². The summed E-state index contributed by atoms with van der Waals surface area (Å²) in [6.45, 7) is 3.43. The van der Waals surface area contributed by atoms with Crippen LogP contribution in [0.5, 0.6) is 5.75 Å². The van der Waals surface area contributed by atoms with E-state index in [0.29, 0.717) is 33.9 Å². The highest BCUT2D eigenvalue weighted by molar-refractivity contribution is 6.35. The molecule has 0 unspecified atom stereocenters. The van der Waals surface area contributed by atoms with E-state index in [2.05, 4.69) is 0 Å². The van der Waals surface area contributed by atoms with Gasteiger partial charge in [0.2, 0.25) is 0 Å². The van der Waals surface area contributed by atoms with E-state index in [9.17, 15) is 4.79 Å². The zero-order valence-electron chi connectivity index (χ0n) is 15.6. The highest BCUT2D eigenvalue weighted by Crippen LogP contribution is 2.24. The van der Waals surface area contributed by atoms with E-state index in [1.54, 1.807) is 35.2 Å². The van der Waals surface area contributed by atoms with Crippen molar-refractivity contribution in [1.29, 1.82) is 0 Å². The third-order valence-electron chi connectivity index (χ3n) is 4.67. The van der Waals surface area contributed by atoms with Crippen LogP contribution in [0, 0.1) is 6.92 Å². The molecule has 0 radical (unpaired) electrons. The highest BCUT2D eigenvalue weighted by Gasteiger charge is 2.24. The molecule has 1 aliphatic heterocycles. The van der Waals surface area contributed by atoms with E-state index in [1.807, 2.05) is 13.0 Å². The molecule has 0 aromatic heterocycles. The molecule has 1 heterocycles. The summed E-state index contributed by atoms with van der Waals surface area (Å²) >= 11 is 18.3. The van der Waals surface area contributed by atoms with Crippen LogP contribution in [0.15, 0.2) is 36.4 Å². The molecule has 1 saturated heterocycles. The Hall–Kier alpha value is -1.46. The molecule has 3 rings (SSSR count). The normalized spacial score (nSPS) is 16.2. The van der Waals surface area contributed by atoms with Crippen molar-refractivity contribution in [2.45, 2.75) is 32.4 Å². The van der Waals surface area contributed by atoms with E-state index < -0.39 is 0 Å². The van der Waals surface area contributed by atoms with Gasteiger partial charge in [-0.25, -0.2) is 0 Å². The number of benzene rings is 2. The maximum Gasteiger partial charge on any atom is 0.260 e. The predicted octanol–water partition coefficient (Wildman–Crippen LogP) is 5.54. The fraction of sp³-hybridized carbons (Fsp3) is 0.381. The quantitative estimate of drug-likeness (QED) is 0.565. The highest BCUT2D eigenvalue weighted by atomic mass is 35.5. The van der Waals surface area contributed by atoms with Crippen LogP contribution in [-0.4, -0.2) is 36.7 Å². The number of nitrogens with zero attached hydrogens (tertiary/aromatic N) is 1. The van der Waals surface area contributed by atoms with Crippen LogP contribution in [0.25, 0.3) is 0 Å². The number of hydrogen-bond donors (Lipinski definition) is 0. The lowest BCUT2D eigenvalue weighted by atomic mass is 10.1. The van der Waals surface area contributed by atoms with Crippen LogP contribution in [0.3, 0.4) is 0 Å². The number of ether oxygens (including phenoxy) is 2. The topological polar surface area (TPSA) is 38.8 Å². The Kier molecular flexibility index (Phi) is 7.47. The van der Waals surface area contributed by atoms with Gasteiger partial charge in [-0.15, -0.1) is 0 Å². The number of amides is 1. The molecule has 0 bridgehead atoms. The average Bonchev–Trinajstić information content (AvgIpc) is 3.15. The van der Waals surface area contributed by atoms with Crippen molar-refractivity contribution in [3.63, 3.8) is 0 Å². The lowest BCUT2D eigenvalue weighted by molar-refractivity contribution is -0.135. The van der Waals surface area contributed by atoms with Crippen LogP contribution in [0.4, 0.5) is 0 Å². The van der Waals surface area contributed by atoms with Crippen molar-refractivity contribution in [2.75, 3.05) is 19.8 Å². The Morgan fingerprint density at radius 2 is 1.93 bits per heavy atom. The lowest BCUT2D eigenvalue weighted by Crippen LogP contribution is -2.39. The van der Waals surface area contributed by atoms with Crippen LogP contribution in [-0.2, 0) is 16.1 Å². The second kappa shape index (κ2) is 9.84. The second-order valence-corrected chi connectivity index (χ2v) is 8.12. The summed E-state index contributed by atoms with van der Waals surface area (Å²) < 4.78 is 11.5. The zero-order valence-corrected chi connectivity index (χ0v) is 17.9. The van der Waals surface area contributed by atoms with E-state index in [1.165, 1.54) is 0 Å². The van der Waals surface area contributed by atoms with Gasteiger partial charge in [-0.2, -0.15) is 0 Å². The number of hydrogen-bond acceptors (Lipinski definition) is 3. The fourth-order valence-electron chi connectivity index (χ4n) is 3.15. The molecule has 0 aliphatic carbocycles. The number of halogens is 3. The maximum absolute atomic E-state index is 12.9. The van der Waals surface area contributed by atoms with Gasteiger partial charge in [0.25, 0.3) is 5.91 Å². The average molecular weight is 443 g/mol. The lowest BCUT2D eigenvalue weighted by Gasteiger charge is -2.26. The SMILES string of the molecule is Cc1cc(Cl)ccc1OCC(=O)N(Cc1ccc(Cl)cc1Cl)C[C@@H]1CCCO1. The molecule has 150 valence electrons. The summed E-state index contributed by atoms with van der Waals surface area (Å²) in [5.74, 6) is 0.509. The van der Waals surface area contributed by atoms with E-state index >= 15 is 0 Å². The summed E-state index contributed by atoms with van der Waals surface area (Å²) in [7, 11) is 0. The van der Waals surface area contributed by atoms with Crippen molar-refractivity contribution < 1.29 is 14.3 Å². The standard InChI is InChI=1S/C21H22Cl3NO3/c1-14-9-16(22)6-7-20(14)28-13-21(26)25(12-18-3-2-8-27-18)11-15-4-5-17(23)10-19(15)24/h4-7,9-10,18H,2-3,8,11-13H2,1H3/t18-/m0/s1. The van der Waals surface area contributed by atoms with E-state index in [-0.39, 0.29) is 18.6 Å². The molecule has 0 N–H and O–H groups in total. The summed E-state index contributed by atoms with van der Waals surface area (Å²) in [6.07, 6.45) is 1.98. The fourth-order valence-corrected chi connectivity index (χ4v) is 3.84. The van der Waals surface area contributed by atoms with Gasteiger partial charge in [0.15, 0.2) is 6.61 Å². The van der Waals surface area contributed by atoms with Crippen LogP contribution >= 0.6 is 34.8 Å². The summed E-state index contributed by atoms with van der Waals surface area (Å²) in [4.78, 5) is 14.6. The van der Waals surface area contributed by atoms with Gasteiger partial charge in [0, 0.05) is 34.8 Å². The third-order valence-corrected chi connectivity index (χ3v) is 5.49. The summed E-state index contributed by atoms with van der Waals surface area (Å²) in [5, 5.41) is 1.73. The predicted molar refractivity (Wildman–Crippen MR) is 113 cm³/mol. The Balaban J connectivity index is 1.70. The minimum Gasteiger partial charge on any atom is -0.483 e. The van der Waals surface area contributed by atoms with Crippen LogP contribution in [0.1, 0.15) is 24.0 Å². The number of aryl methyl sites for hydroxylation is 1. The summed E-state index contributed by atoms with van der Waals surface area (Å²) in [6, 6.07) is 10.6. The van der Waals surface area contributed by atoms with Gasteiger partial charge in [-0.05, 0) is 61.2 Å².